The second kappa shape index (κ2) is 10.9. The number of rotatable bonds is 9. The number of carbonyl (C=O) groups is 1. The van der Waals surface area contributed by atoms with Crippen LogP contribution in [0, 0.1) is 13.8 Å². The van der Waals surface area contributed by atoms with E-state index < -0.39 is 10.0 Å². The Morgan fingerprint density at radius 3 is 2.06 bits per heavy atom. The number of amides is 1. The number of nitrogens with zero attached hydrogens (tertiary/aromatic N) is 1. The first kappa shape index (κ1) is 24.2. The van der Waals surface area contributed by atoms with E-state index in [9.17, 15) is 13.2 Å². The minimum atomic E-state index is -3.90. The Hall–Kier alpha value is -2.48. The molecule has 3 aromatic rings. The molecule has 0 heterocycles. The van der Waals surface area contributed by atoms with Gasteiger partial charge in [-0.15, -0.1) is 11.8 Å². The van der Waals surface area contributed by atoms with E-state index in [1.807, 2.05) is 50.2 Å². The van der Waals surface area contributed by atoms with Crippen molar-refractivity contribution in [3.05, 3.63) is 88.9 Å². The molecule has 0 fully saturated rings. The Balaban J connectivity index is 1.69. The number of benzene rings is 3. The van der Waals surface area contributed by atoms with Crippen molar-refractivity contribution in [2.75, 3.05) is 23.1 Å². The highest BCUT2D eigenvalue weighted by molar-refractivity contribution is 7.99. The van der Waals surface area contributed by atoms with E-state index in [2.05, 4.69) is 5.32 Å². The molecule has 3 aromatic carbocycles. The van der Waals surface area contributed by atoms with Crippen LogP contribution in [0.2, 0.25) is 5.02 Å². The second-order valence-corrected chi connectivity index (χ2v) is 10.8. The van der Waals surface area contributed by atoms with Crippen molar-refractivity contribution in [1.82, 2.24) is 5.32 Å². The quantitative estimate of drug-likeness (QED) is 0.337. The summed E-state index contributed by atoms with van der Waals surface area (Å²) in [4.78, 5) is 13.8. The highest BCUT2D eigenvalue weighted by atomic mass is 35.5. The molecule has 8 heteroatoms. The number of nitrogens with one attached hydrogen (secondary N) is 1. The molecular formula is C24H25ClN2O3S2. The molecule has 0 aliphatic rings. The Morgan fingerprint density at radius 2 is 1.47 bits per heavy atom. The van der Waals surface area contributed by atoms with Crippen LogP contribution < -0.4 is 9.62 Å². The molecule has 0 radical (unpaired) electrons. The van der Waals surface area contributed by atoms with Gasteiger partial charge in [0, 0.05) is 22.2 Å². The van der Waals surface area contributed by atoms with E-state index in [1.54, 1.807) is 48.2 Å². The van der Waals surface area contributed by atoms with Crippen molar-refractivity contribution < 1.29 is 13.2 Å². The van der Waals surface area contributed by atoms with Crippen LogP contribution in [0.15, 0.2) is 82.6 Å². The number of halogens is 1. The first-order valence-electron chi connectivity index (χ1n) is 10.1. The van der Waals surface area contributed by atoms with Gasteiger partial charge >= 0.3 is 0 Å². The highest BCUT2D eigenvalue weighted by Gasteiger charge is 2.27. The Morgan fingerprint density at radius 1 is 0.906 bits per heavy atom. The van der Waals surface area contributed by atoms with Crippen LogP contribution in [0.3, 0.4) is 0 Å². The summed E-state index contributed by atoms with van der Waals surface area (Å²) in [6, 6.07) is 21.2. The first-order chi connectivity index (χ1) is 15.3. The summed E-state index contributed by atoms with van der Waals surface area (Å²) in [6.07, 6.45) is 0. The Labute approximate surface area is 198 Å². The van der Waals surface area contributed by atoms with Crippen LogP contribution in [0.25, 0.3) is 0 Å². The molecule has 0 aliphatic carbocycles. The maximum Gasteiger partial charge on any atom is 0.264 e. The van der Waals surface area contributed by atoms with E-state index >= 15 is 0 Å². The summed E-state index contributed by atoms with van der Waals surface area (Å²) >= 11 is 7.48. The molecule has 0 saturated carbocycles. The molecule has 168 valence electrons. The summed E-state index contributed by atoms with van der Waals surface area (Å²) in [5.41, 5.74) is 2.41. The molecule has 0 saturated heterocycles. The van der Waals surface area contributed by atoms with Crippen molar-refractivity contribution in [2.24, 2.45) is 0 Å². The van der Waals surface area contributed by atoms with Crippen molar-refractivity contribution in [3.8, 4) is 0 Å². The Bertz CT molecular complexity index is 1150. The molecule has 0 aliphatic heterocycles. The molecule has 0 aromatic heterocycles. The third-order valence-corrected chi connectivity index (χ3v) is 7.78. The van der Waals surface area contributed by atoms with Gasteiger partial charge in [0.25, 0.3) is 10.0 Å². The van der Waals surface area contributed by atoms with Gasteiger partial charge in [0.2, 0.25) is 5.91 Å². The van der Waals surface area contributed by atoms with Crippen LogP contribution >= 0.6 is 23.4 Å². The number of thioether (sulfide) groups is 1. The minimum absolute atomic E-state index is 0.148. The smallest absolute Gasteiger partial charge is 0.264 e. The molecule has 0 spiro atoms. The second-order valence-electron chi connectivity index (χ2n) is 7.31. The zero-order valence-corrected chi connectivity index (χ0v) is 20.3. The number of sulfonamides is 1. The van der Waals surface area contributed by atoms with Gasteiger partial charge < -0.3 is 5.32 Å². The van der Waals surface area contributed by atoms with Gasteiger partial charge in [0.05, 0.1) is 10.6 Å². The van der Waals surface area contributed by atoms with Gasteiger partial charge in [-0.25, -0.2) is 8.42 Å². The Kier molecular flexibility index (Phi) is 8.23. The zero-order valence-electron chi connectivity index (χ0n) is 17.9. The lowest BCUT2D eigenvalue weighted by Crippen LogP contribution is -2.41. The van der Waals surface area contributed by atoms with Crippen LogP contribution in [-0.4, -0.2) is 33.2 Å². The van der Waals surface area contributed by atoms with Crippen LogP contribution in [-0.2, 0) is 14.8 Å². The molecule has 0 atom stereocenters. The fourth-order valence-corrected chi connectivity index (χ4v) is 5.26. The van der Waals surface area contributed by atoms with Gasteiger partial charge in [-0.3, -0.25) is 9.10 Å². The van der Waals surface area contributed by atoms with Crippen LogP contribution in [0.4, 0.5) is 5.69 Å². The topological polar surface area (TPSA) is 66.5 Å². The molecule has 0 unspecified atom stereocenters. The van der Waals surface area contributed by atoms with Gasteiger partial charge in [-0.05, 0) is 62.4 Å². The first-order valence-corrected chi connectivity index (χ1v) is 12.9. The average molecular weight is 489 g/mol. The van der Waals surface area contributed by atoms with E-state index in [0.29, 0.717) is 23.0 Å². The summed E-state index contributed by atoms with van der Waals surface area (Å²) in [6.45, 7) is 3.93. The summed E-state index contributed by atoms with van der Waals surface area (Å²) in [5.74, 6) is 0.292. The van der Waals surface area contributed by atoms with E-state index in [0.717, 1.165) is 20.3 Å². The summed E-state index contributed by atoms with van der Waals surface area (Å²) in [5, 5.41) is 3.49. The fourth-order valence-electron chi connectivity index (χ4n) is 2.94. The van der Waals surface area contributed by atoms with E-state index in [4.69, 9.17) is 11.6 Å². The van der Waals surface area contributed by atoms with Crippen molar-refractivity contribution >= 4 is 45.0 Å². The van der Waals surface area contributed by atoms with Crippen LogP contribution in [0.1, 0.15) is 11.1 Å². The number of carbonyl (C=O) groups excluding carboxylic acids is 1. The van der Waals surface area contributed by atoms with Gasteiger partial charge in [0.1, 0.15) is 6.54 Å². The monoisotopic (exact) mass is 488 g/mol. The number of hydrogen-bond donors (Lipinski definition) is 1. The molecule has 3 rings (SSSR count). The lowest BCUT2D eigenvalue weighted by Gasteiger charge is -2.24. The lowest BCUT2D eigenvalue weighted by atomic mass is 10.2. The van der Waals surface area contributed by atoms with Gasteiger partial charge in [-0.2, -0.15) is 0 Å². The van der Waals surface area contributed by atoms with Crippen molar-refractivity contribution in [3.63, 3.8) is 0 Å². The standard InChI is InChI=1S/C24H25ClN2O3S2/c1-18-3-9-21(10-4-18)27(32(29,30)23-13-5-19(2)6-14-23)17-24(28)26-15-16-31-22-11-7-20(25)8-12-22/h3-14H,15-17H2,1-2H3,(H,26,28). The third kappa shape index (κ3) is 6.51. The summed E-state index contributed by atoms with van der Waals surface area (Å²) < 4.78 is 27.8. The summed E-state index contributed by atoms with van der Waals surface area (Å²) in [7, 11) is -3.90. The van der Waals surface area contributed by atoms with Gasteiger partial charge in [-0.1, -0.05) is 47.0 Å². The van der Waals surface area contributed by atoms with Crippen molar-refractivity contribution in [1.29, 1.82) is 0 Å². The average Bonchev–Trinajstić information content (AvgIpc) is 2.77. The number of aryl methyl sites for hydroxylation is 2. The molecule has 1 amide bonds. The zero-order chi connectivity index (χ0) is 23.1. The molecular weight excluding hydrogens is 464 g/mol. The highest BCUT2D eigenvalue weighted by Crippen LogP contribution is 2.24. The fraction of sp³-hybridized carbons (Fsp3) is 0.208. The minimum Gasteiger partial charge on any atom is -0.354 e. The third-order valence-electron chi connectivity index (χ3n) is 4.72. The maximum atomic E-state index is 13.3. The predicted molar refractivity (Wildman–Crippen MR) is 132 cm³/mol. The van der Waals surface area contributed by atoms with Crippen molar-refractivity contribution in [2.45, 2.75) is 23.6 Å². The van der Waals surface area contributed by atoms with Gasteiger partial charge in [0.15, 0.2) is 0 Å². The number of anilines is 1. The molecule has 0 bridgehead atoms. The van der Waals surface area contributed by atoms with E-state index in [1.165, 1.54) is 0 Å². The predicted octanol–water partition coefficient (Wildman–Crippen LogP) is 5.06. The molecule has 5 nitrogen and oxygen atoms in total. The molecule has 32 heavy (non-hydrogen) atoms. The van der Waals surface area contributed by atoms with E-state index in [-0.39, 0.29) is 17.3 Å². The largest absolute Gasteiger partial charge is 0.354 e. The maximum absolute atomic E-state index is 13.3. The SMILES string of the molecule is Cc1ccc(N(CC(=O)NCCSc2ccc(Cl)cc2)S(=O)(=O)c2ccc(C)cc2)cc1. The lowest BCUT2D eigenvalue weighted by molar-refractivity contribution is -0.119. The van der Waals surface area contributed by atoms with Crippen LogP contribution in [0.5, 0.6) is 0 Å². The number of hydrogen-bond acceptors (Lipinski definition) is 4. The molecule has 1 N–H and O–H groups in total. The normalized spacial score (nSPS) is 11.2.